The zero-order valence-corrected chi connectivity index (χ0v) is 25.7. The summed E-state index contributed by atoms with van der Waals surface area (Å²) < 4.78 is 27.7. The van der Waals surface area contributed by atoms with Gasteiger partial charge in [0.05, 0.1) is 22.4 Å². The molecule has 6 N–H and O–H groups in total. The molecule has 2 heterocycles. The maximum absolute atomic E-state index is 13.9. The first-order valence-electron chi connectivity index (χ1n) is 15.1. The van der Waals surface area contributed by atoms with Crippen LogP contribution in [0, 0.1) is 17.2 Å². The first-order valence-corrected chi connectivity index (χ1v) is 16.7. The van der Waals surface area contributed by atoms with Crippen LogP contribution >= 0.6 is 0 Å². The minimum atomic E-state index is -3.81. The number of carbonyl (C=O) groups excluding carboxylic acids is 2. The van der Waals surface area contributed by atoms with Crippen molar-refractivity contribution in [3.63, 3.8) is 0 Å². The molecule has 43 heavy (non-hydrogen) atoms. The number of nitrogens with one attached hydrogen (secondary N) is 2. The number of nitrogens with two attached hydrogens (primary N) is 2. The first kappa shape index (κ1) is 32.2. The smallest absolute Gasteiger partial charge is 0.227 e. The minimum absolute atomic E-state index is 0.0352. The van der Waals surface area contributed by atoms with Gasteiger partial charge >= 0.3 is 0 Å². The van der Waals surface area contributed by atoms with E-state index in [4.69, 9.17) is 16.9 Å². The van der Waals surface area contributed by atoms with Gasteiger partial charge in [0.1, 0.15) is 5.84 Å². The summed E-state index contributed by atoms with van der Waals surface area (Å²) >= 11 is 0. The second kappa shape index (κ2) is 14.6. The monoisotopic (exact) mass is 608 g/mol. The minimum Gasteiger partial charge on any atom is -0.387 e. The third-order valence-corrected chi connectivity index (χ3v) is 10.5. The summed E-state index contributed by atoms with van der Waals surface area (Å²) in [5, 5.41) is 10.5. The quantitative estimate of drug-likeness (QED) is 0.213. The van der Waals surface area contributed by atoms with Crippen molar-refractivity contribution in [2.75, 3.05) is 32.4 Å². The molecule has 2 aliphatic heterocycles. The Labute approximate surface area is 254 Å². The maximum Gasteiger partial charge on any atom is 0.227 e. The van der Waals surface area contributed by atoms with Crippen LogP contribution in [0.1, 0.15) is 67.6 Å². The van der Waals surface area contributed by atoms with Crippen LogP contribution in [0.3, 0.4) is 0 Å². The molecule has 0 spiro atoms. The number of hydrogen-bond acceptors (Lipinski definition) is 7. The molecular weight excluding hydrogens is 564 g/mol. The van der Waals surface area contributed by atoms with Gasteiger partial charge in [0, 0.05) is 51.0 Å². The summed E-state index contributed by atoms with van der Waals surface area (Å²) in [6.07, 6.45) is 5.62. The van der Waals surface area contributed by atoms with Gasteiger partial charge in [0.15, 0.2) is 9.84 Å². The number of sulfone groups is 1. The Hall–Kier alpha value is -3.73. The predicted molar refractivity (Wildman–Crippen MR) is 169 cm³/mol. The van der Waals surface area contributed by atoms with Gasteiger partial charge in [-0.25, -0.2) is 8.42 Å². The van der Waals surface area contributed by atoms with Crippen LogP contribution in [0.4, 0.5) is 0 Å². The van der Waals surface area contributed by atoms with E-state index >= 15 is 0 Å². The number of benzene rings is 2. The largest absolute Gasteiger partial charge is 0.387 e. The van der Waals surface area contributed by atoms with Crippen LogP contribution < -0.4 is 16.8 Å². The van der Waals surface area contributed by atoms with E-state index in [0.29, 0.717) is 49.8 Å². The standard InChI is InChI=1S/C32H44N6O4S/c1-36-30(39)10-3-5-22-13-15-38(16-14-22)32(40)27(18-23-6-2-8-25(17-23)31(34)35)21-43(41,42)28-9-4-7-24(19-28)26-11-12-29(33)37-20-26/h2,4,6-9,17,19,22,26-27H,3,5,10-16,18,20-21H2,1H3,(H2,33,37)(H3,34,35)(H,36,39)/t26?,27-/m1/s1. The average Bonchev–Trinajstić information content (AvgIpc) is 3.01. The number of hydrogen-bond donors (Lipinski definition) is 4. The molecule has 1 unspecified atom stereocenters. The van der Waals surface area contributed by atoms with Crippen molar-refractivity contribution < 1.29 is 18.0 Å². The number of aliphatic imine (C=N–C) groups is 1. The molecule has 0 aliphatic carbocycles. The Kier molecular flexibility index (Phi) is 11.0. The predicted octanol–water partition coefficient (Wildman–Crippen LogP) is 2.99. The highest BCUT2D eigenvalue weighted by molar-refractivity contribution is 7.91. The summed E-state index contributed by atoms with van der Waals surface area (Å²) in [5.74, 6) is -0.162. The molecular formula is C32H44N6O4S. The molecule has 11 heteroatoms. The van der Waals surface area contributed by atoms with Crippen molar-refractivity contribution in [1.82, 2.24) is 10.2 Å². The molecule has 2 aromatic carbocycles. The van der Waals surface area contributed by atoms with Gasteiger partial charge in [-0.2, -0.15) is 0 Å². The molecule has 2 atom stereocenters. The molecule has 2 aromatic rings. The zero-order valence-electron chi connectivity index (χ0n) is 24.9. The van der Waals surface area contributed by atoms with E-state index in [9.17, 15) is 18.0 Å². The number of amides is 2. The van der Waals surface area contributed by atoms with Crippen LogP contribution in [0.25, 0.3) is 0 Å². The fourth-order valence-electron chi connectivity index (χ4n) is 6.06. The third-order valence-electron chi connectivity index (χ3n) is 8.66. The lowest BCUT2D eigenvalue weighted by Crippen LogP contribution is -2.44. The molecule has 1 saturated heterocycles. The lowest BCUT2D eigenvalue weighted by atomic mass is 9.90. The first-order chi connectivity index (χ1) is 20.6. The molecule has 232 valence electrons. The van der Waals surface area contributed by atoms with Crippen LogP contribution in [0.2, 0.25) is 0 Å². The highest BCUT2D eigenvalue weighted by Gasteiger charge is 2.33. The normalized spacial score (nSPS) is 18.5. The summed E-state index contributed by atoms with van der Waals surface area (Å²) in [5.41, 5.74) is 13.7. The highest BCUT2D eigenvalue weighted by Crippen LogP contribution is 2.29. The Morgan fingerprint density at radius 1 is 1.12 bits per heavy atom. The van der Waals surface area contributed by atoms with E-state index < -0.39 is 15.8 Å². The summed E-state index contributed by atoms with van der Waals surface area (Å²) in [7, 11) is -2.17. The molecule has 1 fully saturated rings. The lowest BCUT2D eigenvalue weighted by molar-refractivity contribution is -0.136. The average molecular weight is 609 g/mol. The van der Waals surface area contributed by atoms with Gasteiger partial charge in [0.2, 0.25) is 11.8 Å². The van der Waals surface area contributed by atoms with E-state index in [0.717, 1.165) is 43.2 Å². The van der Waals surface area contributed by atoms with Crippen LogP contribution in [-0.2, 0) is 25.8 Å². The number of amidine groups is 2. The Morgan fingerprint density at radius 2 is 1.86 bits per heavy atom. The third kappa shape index (κ3) is 8.89. The molecule has 4 rings (SSSR count). The number of carbonyl (C=O) groups is 2. The van der Waals surface area contributed by atoms with Crippen LogP contribution in [0.15, 0.2) is 58.4 Å². The number of likely N-dealkylation sites (tertiary alicyclic amines) is 1. The van der Waals surface area contributed by atoms with E-state index in [2.05, 4.69) is 10.3 Å². The van der Waals surface area contributed by atoms with Crippen molar-refractivity contribution in [2.45, 2.75) is 62.2 Å². The molecule has 0 radical (unpaired) electrons. The summed E-state index contributed by atoms with van der Waals surface area (Å²) in [6, 6.07) is 14.1. The van der Waals surface area contributed by atoms with Crippen molar-refractivity contribution in [3.8, 4) is 0 Å². The van der Waals surface area contributed by atoms with Gasteiger partial charge in [-0.15, -0.1) is 0 Å². The van der Waals surface area contributed by atoms with Crippen LogP contribution in [0.5, 0.6) is 0 Å². The van der Waals surface area contributed by atoms with Crippen molar-refractivity contribution in [1.29, 1.82) is 5.41 Å². The fraction of sp³-hybridized carbons (Fsp3) is 0.500. The molecule has 0 saturated carbocycles. The van der Waals surface area contributed by atoms with Gasteiger partial charge in [0.25, 0.3) is 0 Å². The highest BCUT2D eigenvalue weighted by atomic mass is 32.2. The van der Waals surface area contributed by atoms with Crippen molar-refractivity contribution >= 4 is 33.3 Å². The Balaban J connectivity index is 1.51. The molecule has 2 amide bonds. The SMILES string of the molecule is CNC(=O)CCCC1CCN(C(=O)[C@H](Cc2cccc(C(=N)N)c2)CS(=O)(=O)c2cccc(C3CCC(N)=NC3)c2)CC1. The molecule has 0 bridgehead atoms. The zero-order chi connectivity index (χ0) is 31.0. The Bertz CT molecular complexity index is 1450. The second-order valence-corrected chi connectivity index (χ2v) is 13.8. The Morgan fingerprint density at radius 3 is 2.53 bits per heavy atom. The van der Waals surface area contributed by atoms with Crippen molar-refractivity contribution in [3.05, 3.63) is 65.2 Å². The van der Waals surface area contributed by atoms with Gasteiger partial charge in [-0.05, 0) is 73.8 Å². The van der Waals surface area contributed by atoms with E-state index in [1.165, 1.54) is 0 Å². The maximum atomic E-state index is 13.9. The van der Waals surface area contributed by atoms with E-state index in [1.54, 1.807) is 48.3 Å². The molecule has 0 aromatic heterocycles. The van der Waals surface area contributed by atoms with Crippen molar-refractivity contribution in [2.24, 2.45) is 28.3 Å². The molecule has 2 aliphatic rings. The van der Waals surface area contributed by atoms with E-state index in [-0.39, 0.29) is 40.6 Å². The van der Waals surface area contributed by atoms with Gasteiger partial charge in [-0.1, -0.05) is 30.3 Å². The summed E-state index contributed by atoms with van der Waals surface area (Å²) in [4.78, 5) is 31.9. The molecule has 10 nitrogen and oxygen atoms in total. The lowest BCUT2D eigenvalue weighted by Gasteiger charge is -2.34. The number of piperidine rings is 1. The number of nitrogen functional groups attached to an aromatic ring is 1. The van der Waals surface area contributed by atoms with Gasteiger partial charge < -0.3 is 21.7 Å². The number of rotatable bonds is 12. The fourth-order valence-corrected chi connectivity index (χ4v) is 7.64. The van der Waals surface area contributed by atoms with Gasteiger partial charge in [-0.3, -0.25) is 20.0 Å². The van der Waals surface area contributed by atoms with E-state index in [1.807, 2.05) is 12.1 Å². The summed E-state index contributed by atoms with van der Waals surface area (Å²) in [6.45, 7) is 1.66. The van der Waals surface area contributed by atoms with Crippen LogP contribution in [-0.4, -0.2) is 69.2 Å². The number of nitrogens with zero attached hydrogens (tertiary/aromatic N) is 2. The topological polar surface area (TPSA) is 172 Å². The second-order valence-electron chi connectivity index (χ2n) is 11.8.